The van der Waals surface area contributed by atoms with Gasteiger partial charge in [-0.25, -0.2) is 0 Å². The number of hydrogen-bond donors (Lipinski definition) is 1. The molecule has 0 aromatic heterocycles. The highest BCUT2D eigenvalue weighted by molar-refractivity contribution is 4.81. The molecular weight excluding hydrogens is 253 g/mol. The Balaban J connectivity index is 1.87. The Morgan fingerprint density at radius 1 is 1.26 bits per heavy atom. The minimum atomic E-state index is -4.07. The summed E-state index contributed by atoms with van der Waals surface area (Å²) in [7, 11) is 0. The summed E-state index contributed by atoms with van der Waals surface area (Å²) in [5.41, 5.74) is 0. The quantitative estimate of drug-likeness (QED) is 0.835. The van der Waals surface area contributed by atoms with E-state index in [1.54, 1.807) is 0 Å². The van der Waals surface area contributed by atoms with E-state index in [0.29, 0.717) is 12.5 Å². The van der Waals surface area contributed by atoms with E-state index in [1.165, 1.54) is 25.7 Å². The van der Waals surface area contributed by atoms with Crippen molar-refractivity contribution in [2.24, 2.45) is 17.8 Å². The lowest BCUT2D eigenvalue weighted by atomic mass is 9.82. The molecule has 3 unspecified atom stereocenters. The molecule has 112 valence electrons. The van der Waals surface area contributed by atoms with E-state index in [4.69, 9.17) is 0 Å². The normalized spacial score (nSPS) is 35.1. The molecule has 19 heavy (non-hydrogen) atoms. The fourth-order valence-corrected chi connectivity index (χ4v) is 3.46. The molecular formula is C14H25F3N2. The summed E-state index contributed by atoms with van der Waals surface area (Å²) < 4.78 is 38.6. The molecule has 0 spiro atoms. The van der Waals surface area contributed by atoms with Crippen molar-refractivity contribution in [1.29, 1.82) is 0 Å². The maximum absolute atomic E-state index is 12.9. The van der Waals surface area contributed by atoms with Gasteiger partial charge in [0, 0.05) is 32.7 Å². The molecule has 3 atom stereocenters. The van der Waals surface area contributed by atoms with Gasteiger partial charge in [-0.2, -0.15) is 13.2 Å². The Morgan fingerprint density at radius 3 is 2.74 bits per heavy atom. The van der Waals surface area contributed by atoms with Crippen molar-refractivity contribution >= 4 is 0 Å². The molecule has 2 fully saturated rings. The van der Waals surface area contributed by atoms with Crippen molar-refractivity contribution < 1.29 is 13.2 Å². The highest BCUT2D eigenvalue weighted by Gasteiger charge is 2.41. The monoisotopic (exact) mass is 278 g/mol. The number of nitrogens with one attached hydrogen (secondary N) is 1. The van der Waals surface area contributed by atoms with E-state index in [1.807, 2.05) is 4.90 Å². The molecule has 1 saturated carbocycles. The standard InChI is InChI=1S/C14H25F3N2/c1-11-3-2-4-12(7-11)9-19-6-5-18-8-13(10-19)14(15,16)17/h11-13,18H,2-10H2,1H3. The summed E-state index contributed by atoms with van der Waals surface area (Å²) in [5.74, 6) is 0.119. The number of halogens is 3. The predicted octanol–water partition coefficient (Wildman–Crippen LogP) is 2.90. The van der Waals surface area contributed by atoms with Gasteiger partial charge in [0.15, 0.2) is 0 Å². The van der Waals surface area contributed by atoms with Crippen LogP contribution in [0.5, 0.6) is 0 Å². The molecule has 0 radical (unpaired) electrons. The van der Waals surface area contributed by atoms with Crippen molar-refractivity contribution in [3.8, 4) is 0 Å². The van der Waals surface area contributed by atoms with Gasteiger partial charge in [0.1, 0.15) is 0 Å². The number of nitrogens with zero attached hydrogens (tertiary/aromatic N) is 1. The SMILES string of the molecule is CC1CCCC(CN2CCNCC(C(F)(F)F)C2)C1. The van der Waals surface area contributed by atoms with Gasteiger partial charge in [-0.3, -0.25) is 0 Å². The van der Waals surface area contributed by atoms with Crippen molar-refractivity contribution in [1.82, 2.24) is 10.2 Å². The molecule has 2 nitrogen and oxygen atoms in total. The fraction of sp³-hybridized carbons (Fsp3) is 1.00. The van der Waals surface area contributed by atoms with Crippen LogP contribution in [0, 0.1) is 17.8 Å². The zero-order chi connectivity index (χ0) is 13.9. The van der Waals surface area contributed by atoms with Crippen LogP contribution in [0.3, 0.4) is 0 Å². The summed E-state index contributed by atoms with van der Waals surface area (Å²) in [6.07, 6.45) is 0.810. The number of alkyl halides is 3. The third-order valence-electron chi connectivity index (χ3n) is 4.50. The van der Waals surface area contributed by atoms with Crippen LogP contribution in [-0.4, -0.2) is 43.8 Å². The third kappa shape index (κ3) is 4.63. The second-order valence-corrected chi connectivity index (χ2v) is 6.34. The molecule has 1 N–H and O–H groups in total. The lowest BCUT2D eigenvalue weighted by Crippen LogP contribution is -2.40. The molecule has 0 bridgehead atoms. The first-order valence-electron chi connectivity index (χ1n) is 7.45. The highest BCUT2D eigenvalue weighted by atomic mass is 19.4. The Morgan fingerprint density at radius 2 is 2.05 bits per heavy atom. The van der Waals surface area contributed by atoms with Crippen LogP contribution in [0.4, 0.5) is 13.2 Å². The summed E-state index contributed by atoms with van der Waals surface area (Å²) in [6.45, 7) is 4.77. The molecule has 5 heteroatoms. The van der Waals surface area contributed by atoms with E-state index in [-0.39, 0.29) is 13.1 Å². The number of rotatable bonds is 2. The van der Waals surface area contributed by atoms with Crippen molar-refractivity contribution in [3.63, 3.8) is 0 Å². The van der Waals surface area contributed by atoms with Gasteiger partial charge in [0.05, 0.1) is 5.92 Å². The van der Waals surface area contributed by atoms with E-state index >= 15 is 0 Å². The van der Waals surface area contributed by atoms with Gasteiger partial charge in [-0.15, -0.1) is 0 Å². The Bertz CT molecular complexity index is 280. The molecule has 1 saturated heterocycles. The maximum atomic E-state index is 12.9. The second-order valence-electron chi connectivity index (χ2n) is 6.34. The van der Waals surface area contributed by atoms with Crippen LogP contribution < -0.4 is 5.32 Å². The summed E-state index contributed by atoms with van der Waals surface area (Å²) in [5, 5.41) is 2.92. The second kappa shape index (κ2) is 6.44. The summed E-state index contributed by atoms with van der Waals surface area (Å²) in [4.78, 5) is 2.03. The average molecular weight is 278 g/mol. The molecule has 0 aromatic carbocycles. The first-order valence-corrected chi connectivity index (χ1v) is 7.45. The smallest absolute Gasteiger partial charge is 0.315 e. The van der Waals surface area contributed by atoms with Gasteiger partial charge in [0.2, 0.25) is 0 Å². The molecule has 0 amide bonds. The summed E-state index contributed by atoms with van der Waals surface area (Å²) >= 11 is 0. The molecule has 1 aliphatic heterocycles. The van der Waals surface area contributed by atoms with E-state index in [0.717, 1.165) is 19.0 Å². The Kier molecular flexibility index (Phi) is 5.12. The predicted molar refractivity (Wildman–Crippen MR) is 70.0 cm³/mol. The zero-order valence-electron chi connectivity index (χ0n) is 11.7. The largest absolute Gasteiger partial charge is 0.394 e. The van der Waals surface area contributed by atoms with Crippen LogP contribution in [0.2, 0.25) is 0 Å². The van der Waals surface area contributed by atoms with Crippen LogP contribution in [0.25, 0.3) is 0 Å². The van der Waals surface area contributed by atoms with Crippen molar-refractivity contribution in [3.05, 3.63) is 0 Å². The lowest BCUT2D eigenvalue weighted by Gasteiger charge is -2.32. The molecule has 1 heterocycles. The first-order chi connectivity index (χ1) is 8.95. The van der Waals surface area contributed by atoms with E-state index in [2.05, 4.69) is 12.2 Å². The van der Waals surface area contributed by atoms with Crippen molar-refractivity contribution in [2.75, 3.05) is 32.7 Å². The van der Waals surface area contributed by atoms with E-state index < -0.39 is 12.1 Å². The van der Waals surface area contributed by atoms with E-state index in [9.17, 15) is 13.2 Å². The highest BCUT2D eigenvalue weighted by Crippen LogP contribution is 2.31. The third-order valence-corrected chi connectivity index (χ3v) is 4.50. The van der Waals surface area contributed by atoms with Crippen LogP contribution in [-0.2, 0) is 0 Å². The minimum absolute atomic E-state index is 0.0705. The topological polar surface area (TPSA) is 15.3 Å². The number of hydrogen-bond acceptors (Lipinski definition) is 2. The van der Waals surface area contributed by atoms with Crippen LogP contribution >= 0.6 is 0 Å². The van der Waals surface area contributed by atoms with Gasteiger partial charge in [-0.05, 0) is 24.7 Å². The molecule has 2 aliphatic rings. The minimum Gasteiger partial charge on any atom is -0.315 e. The molecule has 1 aliphatic carbocycles. The zero-order valence-corrected chi connectivity index (χ0v) is 11.7. The Hall–Kier alpha value is -0.290. The first kappa shape index (κ1) is 15.1. The Labute approximate surface area is 113 Å². The molecule has 0 aromatic rings. The lowest BCUT2D eigenvalue weighted by molar-refractivity contribution is -0.176. The fourth-order valence-electron chi connectivity index (χ4n) is 3.46. The van der Waals surface area contributed by atoms with Crippen LogP contribution in [0.15, 0.2) is 0 Å². The van der Waals surface area contributed by atoms with Gasteiger partial charge in [-0.1, -0.05) is 19.8 Å². The average Bonchev–Trinajstić information content (AvgIpc) is 2.54. The summed E-state index contributed by atoms with van der Waals surface area (Å²) in [6, 6.07) is 0. The van der Waals surface area contributed by atoms with Crippen LogP contribution in [0.1, 0.15) is 32.6 Å². The van der Waals surface area contributed by atoms with Gasteiger partial charge >= 0.3 is 6.18 Å². The van der Waals surface area contributed by atoms with Gasteiger partial charge < -0.3 is 10.2 Å². The maximum Gasteiger partial charge on any atom is 0.394 e. The molecule has 2 rings (SSSR count). The van der Waals surface area contributed by atoms with Crippen molar-refractivity contribution in [2.45, 2.75) is 38.8 Å². The van der Waals surface area contributed by atoms with Gasteiger partial charge in [0.25, 0.3) is 0 Å².